The van der Waals surface area contributed by atoms with Crippen LogP contribution in [0.25, 0.3) is 0 Å². The number of phosphoric acid groups is 2. The number of hydrogen-bond donors (Lipinski definition) is 8. The highest BCUT2D eigenvalue weighted by atomic mass is 31.2. The SMILES string of the molecule is CCCCCCC=CCCCC(=O)O[C@H](CCCCCCC)CC(=O)NC(COCC[C@H](O)CCCCCCC)COP(=O)(O)OCCNC(=O)NCCOP(=O)(O)OCC(COCC[C@H](O)CCCCCCC)NC(=O)C[C@@H](CCCCCCC)OC(=O)CCCC=CCCCCCC. The van der Waals surface area contributed by atoms with E-state index in [-0.39, 0.29) is 77.1 Å². The van der Waals surface area contributed by atoms with E-state index in [0.29, 0.717) is 51.4 Å². The van der Waals surface area contributed by atoms with E-state index in [4.69, 9.17) is 37.0 Å². The van der Waals surface area contributed by atoms with Crippen LogP contribution >= 0.6 is 15.6 Å². The van der Waals surface area contributed by atoms with E-state index < -0.39 is 96.4 Å². The van der Waals surface area contributed by atoms with Crippen LogP contribution in [-0.4, -0.2) is 152 Å². The summed E-state index contributed by atoms with van der Waals surface area (Å²) in [4.78, 5) is 87.4. The lowest BCUT2D eigenvalue weighted by molar-refractivity contribution is -0.152. The number of rotatable bonds is 74. The Balaban J connectivity index is 5.68. The Bertz CT molecular complexity index is 1990. The average molecular weight is 1470 g/mol. The molecule has 0 aromatic heterocycles. The lowest BCUT2D eigenvalue weighted by atomic mass is 10.1. The van der Waals surface area contributed by atoms with Crippen molar-refractivity contribution in [3.8, 4) is 0 Å². The van der Waals surface area contributed by atoms with Crippen molar-refractivity contribution in [1.82, 2.24) is 21.3 Å². The first-order valence-corrected chi connectivity index (χ1v) is 42.4. The number of unbranched alkanes of at least 4 members (excludes halogenated alkanes) is 26. The number of ether oxygens (including phenoxy) is 4. The molecule has 25 heteroatoms. The van der Waals surface area contributed by atoms with E-state index in [0.717, 1.165) is 167 Å². The lowest BCUT2D eigenvalue weighted by Gasteiger charge is -2.23. The summed E-state index contributed by atoms with van der Waals surface area (Å²) < 4.78 is 70.6. The van der Waals surface area contributed by atoms with E-state index in [1.807, 2.05) is 0 Å². The largest absolute Gasteiger partial charge is 0.472 e. The monoisotopic (exact) mass is 1470 g/mol. The molecule has 0 rings (SSSR count). The zero-order valence-electron chi connectivity index (χ0n) is 63.3. The summed E-state index contributed by atoms with van der Waals surface area (Å²) >= 11 is 0. The van der Waals surface area contributed by atoms with E-state index in [1.54, 1.807) is 0 Å². The maximum Gasteiger partial charge on any atom is 0.472 e. The van der Waals surface area contributed by atoms with Gasteiger partial charge in [0, 0.05) is 39.1 Å². The number of aliphatic hydroxyl groups is 2. The Morgan fingerprint density at radius 1 is 0.370 bits per heavy atom. The van der Waals surface area contributed by atoms with Gasteiger partial charge in [-0.05, 0) is 103 Å². The summed E-state index contributed by atoms with van der Waals surface area (Å²) in [5, 5.41) is 31.7. The van der Waals surface area contributed by atoms with Gasteiger partial charge in [0.2, 0.25) is 11.8 Å². The van der Waals surface area contributed by atoms with Gasteiger partial charge < -0.3 is 60.2 Å². The van der Waals surface area contributed by atoms with Gasteiger partial charge in [0.1, 0.15) is 12.2 Å². The number of nitrogens with one attached hydrogen (secondary N) is 4. The van der Waals surface area contributed by atoms with E-state index in [9.17, 15) is 53.1 Å². The number of phosphoric ester groups is 2. The summed E-state index contributed by atoms with van der Waals surface area (Å²) in [6, 6.07) is -2.66. The van der Waals surface area contributed by atoms with Gasteiger partial charge in [-0.15, -0.1) is 0 Å². The first kappa shape index (κ1) is 96.7. The average Bonchev–Trinajstić information content (AvgIpc) is 0.923. The van der Waals surface area contributed by atoms with Crippen molar-refractivity contribution >= 4 is 45.4 Å². The number of amides is 4. The predicted molar refractivity (Wildman–Crippen MR) is 398 cm³/mol. The van der Waals surface area contributed by atoms with Crippen LogP contribution in [0.1, 0.15) is 324 Å². The zero-order valence-corrected chi connectivity index (χ0v) is 65.1. The second kappa shape index (κ2) is 68.8. The Hall–Kier alpha value is -3.31. The van der Waals surface area contributed by atoms with Gasteiger partial charge in [0.05, 0.1) is 76.8 Å². The molecule has 23 nitrogen and oxygen atoms in total. The van der Waals surface area contributed by atoms with Gasteiger partial charge >= 0.3 is 33.6 Å². The molecule has 4 amide bonds. The van der Waals surface area contributed by atoms with E-state index in [1.165, 1.54) is 38.5 Å². The first-order valence-electron chi connectivity index (χ1n) is 39.4. The highest BCUT2D eigenvalue weighted by molar-refractivity contribution is 7.47. The fourth-order valence-electron chi connectivity index (χ4n) is 11.0. The second-order valence-corrected chi connectivity index (χ2v) is 29.7. The van der Waals surface area contributed by atoms with Crippen molar-refractivity contribution in [1.29, 1.82) is 0 Å². The number of urea groups is 1. The van der Waals surface area contributed by atoms with Crippen LogP contribution in [0.15, 0.2) is 24.3 Å². The van der Waals surface area contributed by atoms with Crippen LogP contribution in [-0.2, 0) is 65.4 Å². The van der Waals surface area contributed by atoms with Gasteiger partial charge in [-0.2, -0.15) is 0 Å². The Labute approximate surface area is 605 Å². The molecular weight excluding hydrogens is 1320 g/mol. The van der Waals surface area contributed by atoms with Crippen LogP contribution < -0.4 is 21.3 Å². The normalized spacial score (nSPS) is 14.8. The zero-order chi connectivity index (χ0) is 73.8. The van der Waals surface area contributed by atoms with Crippen molar-refractivity contribution in [2.75, 3.05) is 65.9 Å². The maximum atomic E-state index is 13.7. The molecule has 0 aliphatic carbocycles. The van der Waals surface area contributed by atoms with Gasteiger partial charge in [0.15, 0.2) is 0 Å². The van der Waals surface area contributed by atoms with Gasteiger partial charge in [-0.25, -0.2) is 13.9 Å². The molecule has 100 heavy (non-hydrogen) atoms. The standard InChI is InChI=1S/C75H144N4O19P2/c1-7-13-19-25-27-29-31-37-43-49-73(84)97-69(47-41-35-23-17-11-5)59-71(82)78-65(61-91-55-51-67(80)45-39-33-21-15-9-3)63-95-99(87,88)93-57-53-76-75(86)77-54-58-94-100(89,90)96-64-66(62-92-56-52-68(81)46-40-34-22-16-10-4)79-72(83)60-70(48-42-36-24-18-12-6)98-74(85)50-44-38-32-30-28-26-20-14-8-2/h29-32,65-70,80-81H,7-28,33-64H2,1-6H3,(H,78,82)(H,79,83)(H,87,88)(H,89,90)(H2,76,77,86)/t65?,66?,67-,68-,69-,70-/m1/s1. The Morgan fingerprint density at radius 3 is 1.02 bits per heavy atom. The topological polar surface area (TPSA) is 322 Å². The molecule has 0 bridgehead atoms. The third-order valence-corrected chi connectivity index (χ3v) is 18.9. The molecule has 0 radical (unpaired) electrons. The maximum absolute atomic E-state index is 13.7. The van der Waals surface area contributed by atoms with Crippen molar-refractivity contribution in [2.45, 2.75) is 361 Å². The Kier molecular flexibility index (Phi) is 66.5. The minimum Gasteiger partial charge on any atom is -0.462 e. The minimum absolute atomic E-state index is 0.134. The summed E-state index contributed by atoms with van der Waals surface area (Å²) in [5.74, 6) is -1.71. The summed E-state index contributed by atoms with van der Waals surface area (Å²) in [7, 11) is -9.57. The third-order valence-electron chi connectivity index (χ3n) is 17.0. The molecule has 0 aliphatic rings. The fraction of sp³-hybridized carbons (Fsp3) is 0.880. The molecule has 0 saturated heterocycles. The highest BCUT2D eigenvalue weighted by Crippen LogP contribution is 2.44. The van der Waals surface area contributed by atoms with Crippen LogP contribution in [0.5, 0.6) is 0 Å². The number of aliphatic hydroxyl groups excluding tert-OH is 2. The molecule has 0 fully saturated rings. The van der Waals surface area contributed by atoms with Crippen molar-refractivity contribution in [2.24, 2.45) is 0 Å². The number of hydrogen-bond acceptors (Lipinski definition) is 17. The quantitative estimate of drug-likeness (QED) is 0.0121. The smallest absolute Gasteiger partial charge is 0.462 e. The van der Waals surface area contributed by atoms with Gasteiger partial charge in [0.25, 0.3) is 0 Å². The molecule has 0 aromatic rings. The van der Waals surface area contributed by atoms with Crippen LogP contribution in [0.3, 0.4) is 0 Å². The molecule has 8 atom stereocenters. The molecule has 0 heterocycles. The molecule has 0 saturated carbocycles. The third kappa shape index (κ3) is 65.5. The van der Waals surface area contributed by atoms with Crippen LogP contribution in [0.2, 0.25) is 0 Å². The number of carbonyl (C=O) groups excluding carboxylic acids is 5. The van der Waals surface area contributed by atoms with Crippen LogP contribution in [0.4, 0.5) is 4.79 Å². The molecule has 4 unspecified atom stereocenters. The summed E-state index contributed by atoms with van der Waals surface area (Å²) in [6.07, 6.45) is 43.7. The summed E-state index contributed by atoms with van der Waals surface area (Å²) in [6.45, 7) is 10.4. The van der Waals surface area contributed by atoms with E-state index in [2.05, 4.69) is 87.1 Å². The van der Waals surface area contributed by atoms with Crippen LogP contribution in [0, 0.1) is 0 Å². The van der Waals surface area contributed by atoms with Crippen molar-refractivity contribution < 1.29 is 90.1 Å². The van der Waals surface area contributed by atoms with Crippen molar-refractivity contribution in [3.63, 3.8) is 0 Å². The Morgan fingerprint density at radius 2 is 0.680 bits per heavy atom. The second-order valence-electron chi connectivity index (χ2n) is 26.8. The first-order chi connectivity index (χ1) is 48.3. The fourth-order valence-corrected chi connectivity index (χ4v) is 12.5. The molecule has 588 valence electrons. The molecule has 0 aromatic carbocycles. The number of carbonyl (C=O) groups is 5. The van der Waals surface area contributed by atoms with Gasteiger partial charge in [-0.1, -0.05) is 220 Å². The summed E-state index contributed by atoms with van der Waals surface area (Å²) in [5.41, 5.74) is 0. The predicted octanol–water partition coefficient (Wildman–Crippen LogP) is 16.5. The van der Waals surface area contributed by atoms with Gasteiger partial charge in [-0.3, -0.25) is 37.3 Å². The molecule has 0 spiro atoms. The van der Waals surface area contributed by atoms with Crippen molar-refractivity contribution in [3.05, 3.63) is 24.3 Å². The van der Waals surface area contributed by atoms with E-state index >= 15 is 0 Å². The molecular formula is C75H144N4O19P2. The lowest BCUT2D eigenvalue weighted by Crippen LogP contribution is -2.43. The highest BCUT2D eigenvalue weighted by Gasteiger charge is 2.29. The molecule has 8 N–H and O–H groups in total. The number of allylic oxidation sites excluding steroid dienone is 4. The minimum atomic E-state index is -4.78. The number of esters is 2. The molecule has 0 aliphatic heterocycles.